The molecule has 0 fully saturated rings. The van der Waals surface area contributed by atoms with Crippen molar-refractivity contribution in [2.24, 2.45) is 0 Å². The highest BCUT2D eigenvalue weighted by molar-refractivity contribution is 7.99. The second kappa shape index (κ2) is 11.4. The van der Waals surface area contributed by atoms with Crippen LogP contribution in [0, 0.1) is 6.92 Å². The molecular weight excluding hydrogens is 492 g/mol. The Morgan fingerprint density at radius 1 is 1.15 bits per heavy atom. The van der Waals surface area contributed by atoms with Crippen molar-refractivity contribution < 1.29 is 9.53 Å². The molecular formula is C21H22N8O2S3. The van der Waals surface area contributed by atoms with E-state index in [0.29, 0.717) is 32.6 Å². The summed E-state index contributed by atoms with van der Waals surface area (Å²) in [7, 11) is 4.01. The Kier molecular flexibility index (Phi) is 8.11. The second-order valence-electron chi connectivity index (χ2n) is 7.24. The number of amides is 1. The maximum atomic E-state index is 13.0. The number of aryl methyl sites for hydroxylation is 1. The number of pyridine rings is 1. The third-order valence-electron chi connectivity index (χ3n) is 4.27. The molecule has 0 saturated carbocycles. The number of aromatic nitrogens is 6. The molecule has 4 aromatic rings. The molecule has 34 heavy (non-hydrogen) atoms. The number of benzene rings is 1. The van der Waals surface area contributed by atoms with E-state index >= 15 is 0 Å². The second-order valence-corrected chi connectivity index (χ2v) is 10.1. The van der Waals surface area contributed by atoms with Gasteiger partial charge >= 0.3 is 0 Å². The highest BCUT2D eigenvalue weighted by Crippen LogP contribution is 2.33. The molecule has 0 aliphatic carbocycles. The number of carbonyl (C=O) groups excluding carboxylic acids is 1. The first kappa shape index (κ1) is 24.1. The van der Waals surface area contributed by atoms with Crippen LogP contribution in [0.5, 0.6) is 5.75 Å². The van der Waals surface area contributed by atoms with E-state index in [-0.39, 0.29) is 11.6 Å². The molecule has 10 nitrogen and oxygen atoms in total. The summed E-state index contributed by atoms with van der Waals surface area (Å²) in [6.45, 7) is 3.28. The Hall–Kier alpha value is -3.00. The summed E-state index contributed by atoms with van der Waals surface area (Å²) in [5.74, 6) is 1.14. The van der Waals surface area contributed by atoms with Gasteiger partial charge in [0.1, 0.15) is 35.2 Å². The van der Waals surface area contributed by atoms with Gasteiger partial charge in [0.2, 0.25) is 5.13 Å². The van der Waals surface area contributed by atoms with Crippen molar-refractivity contribution in [3.8, 4) is 5.75 Å². The summed E-state index contributed by atoms with van der Waals surface area (Å²) >= 11 is 3.85. The van der Waals surface area contributed by atoms with Crippen LogP contribution >= 0.6 is 35.1 Å². The van der Waals surface area contributed by atoms with Gasteiger partial charge in [-0.1, -0.05) is 11.8 Å². The van der Waals surface area contributed by atoms with Crippen LogP contribution < -0.4 is 10.1 Å². The van der Waals surface area contributed by atoms with E-state index in [1.54, 1.807) is 0 Å². The molecule has 3 heterocycles. The first-order chi connectivity index (χ1) is 16.5. The molecule has 0 atom stereocenters. The molecule has 0 aliphatic rings. The Bertz CT molecular complexity index is 1230. The van der Waals surface area contributed by atoms with Crippen LogP contribution in [-0.4, -0.2) is 67.6 Å². The van der Waals surface area contributed by atoms with Crippen LogP contribution in [-0.2, 0) is 0 Å². The highest BCUT2D eigenvalue weighted by Gasteiger charge is 2.18. The molecule has 0 bridgehead atoms. The number of hydrogen-bond donors (Lipinski definition) is 2. The monoisotopic (exact) mass is 514 g/mol. The van der Waals surface area contributed by atoms with Gasteiger partial charge in [0.25, 0.3) is 5.91 Å². The predicted octanol–water partition coefficient (Wildman–Crippen LogP) is 3.85. The fourth-order valence-corrected chi connectivity index (χ4v) is 4.74. The van der Waals surface area contributed by atoms with E-state index in [1.165, 1.54) is 29.9 Å². The topological polar surface area (TPSA) is 122 Å². The fraction of sp³-hybridized carbons (Fsp3) is 0.238. The van der Waals surface area contributed by atoms with Crippen LogP contribution in [0.4, 0.5) is 5.13 Å². The third-order valence-corrected chi connectivity index (χ3v) is 6.72. The molecule has 0 spiro atoms. The van der Waals surface area contributed by atoms with Gasteiger partial charge in [0.05, 0.1) is 0 Å². The number of ether oxygens (including phenoxy) is 1. The van der Waals surface area contributed by atoms with Crippen molar-refractivity contribution in [1.29, 1.82) is 0 Å². The number of nitrogens with zero attached hydrogens (tertiary/aromatic N) is 6. The Balaban J connectivity index is 1.53. The number of H-pyrrole nitrogens is 1. The summed E-state index contributed by atoms with van der Waals surface area (Å²) in [6.07, 6.45) is 1.39. The lowest BCUT2D eigenvalue weighted by atomic mass is 10.3. The number of aromatic amines is 1. The first-order valence-corrected chi connectivity index (χ1v) is 12.6. The zero-order valence-corrected chi connectivity index (χ0v) is 21.1. The van der Waals surface area contributed by atoms with Gasteiger partial charge in [0.15, 0.2) is 5.16 Å². The lowest BCUT2D eigenvalue weighted by Crippen LogP contribution is -2.19. The zero-order chi connectivity index (χ0) is 23.9. The summed E-state index contributed by atoms with van der Waals surface area (Å²) in [6, 6.07) is 11.5. The van der Waals surface area contributed by atoms with Gasteiger partial charge in [-0.15, -0.1) is 10.2 Å². The smallest absolute Gasteiger partial charge is 0.277 e. The molecule has 176 valence electrons. The van der Waals surface area contributed by atoms with Crippen LogP contribution in [0.25, 0.3) is 0 Å². The highest BCUT2D eigenvalue weighted by atomic mass is 32.2. The van der Waals surface area contributed by atoms with Crippen LogP contribution in [0.15, 0.2) is 62.7 Å². The van der Waals surface area contributed by atoms with Gasteiger partial charge in [-0.05, 0) is 69.2 Å². The minimum absolute atomic E-state index is 0.285. The Morgan fingerprint density at radius 2 is 1.97 bits per heavy atom. The minimum atomic E-state index is -0.362. The third kappa shape index (κ3) is 6.76. The Labute approximate surface area is 209 Å². The van der Waals surface area contributed by atoms with Gasteiger partial charge < -0.3 is 14.6 Å². The molecule has 0 unspecified atom stereocenters. The number of likely N-dealkylation sites (N-methyl/N-ethyl adjacent to an activating group) is 1. The van der Waals surface area contributed by atoms with E-state index < -0.39 is 0 Å². The number of hydrogen-bond acceptors (Lipinski definition) is 11. The largest absolute Gasteiger partial charge is 0.492 e. The predicted molar refractivity (Wildman–Crippen MR) is 132 cm³/mol. The summed E-state index contributed by atoms with van der Waals surface area (Å²) in [5.41, 5.74) is 0.285. The molecule has 1 aromatic carbocycles. The van der Waals surface area contributed by atoms with Crippen molar-refractivity contribution in [2.75, 3.05) is 32.6 Å². The van der Waals surface area contributed by atoms with E-state index in [1.807, 2.05) is 57.4 Å². The van der Waals surface area contributed by atoms with Crippen molar-refractivity contribution in [1.82, 2.24) is 34.4 Å². The summed E-state index contributed by atoms with van der Waals surface area (Å²) in [4.78, 5) is 28.5. The average molecular weight is 515 g/mol. The number of nitrogens with one attached hydrogen (secondary N) is 2. The van der Waals surface area contributed by atoms with E-state index in [0.717, 1.165) is 28.7 Å². The normalized spacial score (nSPS) is 11.1. The molecule has 2 N–H and O–H groups in total. The van der Waals surface area contributed by atoms with Gasteiger partial charge in [-0.2, -0.15) is 4.37 Å². The fourth-order valence-electron chi connectivity index (χ4n) is 2.66. The van der Waals surface area contributed by atoms with Gasteiger partial charge in [-0.3, -0.25) is 10.1 Å². The molecule has 0 aliphatic heterocycles. The van der Waals surface area contributed by atoms with Crippen LogP contribution in [0.3, 0.4) is 0 Å². The summed E-state index contributed by atoms with van der Waals surface area (Å²) in [5, 5.41) is 12.4. The molecule has 0 saturated heterocycles. The van der Waals surface area contributed by atoms with E-state index in [9.17, 15) is 4.79 Å². The summed E-state index contributed by atoms with van der Waals surface area (Å²) < 4.78 is 9.69. The van der Waals surface area contributed by atoms with E-state index in [2.05, 4.69) is 39.7 Å². The number of carbonyl (C=O) groups is 1. The van der Waals surface area contributed by atoms with Crippen LogP contribution in [0.1, 0.15) is 16.3 Å². The molecule has 0 radical (unpaired) electrons. The van der Waals surface area contributed by atoms with Crippen molar-refractivity contribution in [2.45, 2.75) is 26.9 Å². The molecule has 4 rings (SSSR count). The maximum Gasteiger partial charge on any atom is 0.277 e. The number of anilines is 1. The lowest BCUT2D eigenvalue weighted by Gasteiger charge is -2.12. The SMILES string of the molecule is Cc1nnc(Sc2ccc(Sc3ccc(OCCN(C)C)cc3)c(C(=O)Nc3ncns3)n2)[nH]1. The molecule has 3 aromatic heterocycles. The van der Waals surface area contributed by atoms with Crippen molar-refractivity contribution in [3.05, 3.63) is 54.2 Å². The standard InChI is InChI=1S/C21H22N8O2S3/c1-13-24-21(28-27-13)33-17-9-8-16(18(25-17)19(30)26-20-22-12-23-34-20)32-15-6-4-14(5-7-15)31-11-10-29(2)3/h4-9,12H,10-11H2,1-3H3,(H,24,27,28)(H,22,23,26,30). The molecule has 13 heteroatoms. The van der Waals surface area contributed by atoms with Crippen LogP contribution in [0.2, 0.25) is 0 Å². The zero-order valence-electron chi connectivity index (χ0n) is 18.7. The lowest BCUT2D eigenvalue weighted by molar-refractivity contribution is 0.101. The Morgan fingerprint density at radius 3 is 2.65 bits per heavy atom. The van der Waals surface area contributed by atoms with E-state index in [4.69, 9.17) is 4.74 Å². The minimum Gasteiger partial charge on any atom is -0.492 e. The van der Waals surface area contributed by atoms with Crippen molar-refractivity contribution in [3.63, 3.8) is 0 Å². The maximum absolute atomic E-state index is 13.0. The van der Waals surface area contributed by atoms with Gasteiger partial charge in [0, 0.05) is 27.9 Å². The van der Waals surface area contributed by atoms with Gasteiger partial charge in [-0.25, -0.2) is 9.97 Å². The number of rotatable bonds is 10. The average Bonchev–Trinajstić information content (AvgIpc) is 3.47. The molecule has 1 amide bonds. The van der Waals surface area contributed by atoms with Crippen molar-refractivity contribution >= 4 is 46.1 Å². The quantitative estimate of drug-likeness (QED) is 0.323. The first-order valence-electron chi connectivity index (χ1n) is 10.2.